The van der Waals surface area contributed by atoms with Crippen LogP contribution in [-0.2, 0) is 16.6 Å². The van der Waals surface area contributed by atoms with Gasteiger partial charge in [0.2, 0.25) is 0 Å². The van der Waals surface area contributed by atoms with Gasteiger partial charge in [0.05, 0.1) is 0 Å². The Bertz CT molecular complexity index is 820. The van der Waals surface area contributed by atoms with Crippen molar-refractivity contribution in [1.29, 1.82) is 0 Å². The maximum atomic E-state index is 13.1. The largest absolute Gasteiger partial charge is 0.511 e. The number of carbonyl (C=O) groups excluding carboxylic acids is 1. The molecule has 2 bridgehead atoms. The minimum Gasteiger partial charge on any atom is -0.380 e. The van der Waals surface area contributed by atoms with Crippen LogP contribution in [0.4, 0.5) is 18.9 Å². The van der Waals surface area contributed by atoms with Gasteiger partial charge in [0.25, 0.3) is 0 Å². The van der Waals surface area contributed by atoms with Gasteiger partial charge in [0, 0.05) is 30.4 Å². The fourth-order valence-electron chi connectivity index (χ4n) is 4.30. The quantitative estimate of drug-likeness (QED) is 0.827. The normalized spacial score (nSPS) is 31.8. The number of nitrogens with zero attached hydrogens (tertiary/aromatic N) is 1. The van der Waals surface area contributed by atoms with E-state index in [1.807, 2.05) is 0 Å². The first-order valence-corrected chi connectivity index (χ1v) is 9.50. The summed E-state index contributed by atoms with van der Waals surface area (Å²) in [4.78, 5) is 11.0. The van der Waals surface area contributed by atoms with Gasteiger partial charge in [-0.25, -0.2) is 8.42 Å². The minimum absolute atomic E-state index is 0.116. The topological polar surface area (TPSA) is 66.5 Å². The molecule has 1 N–H and O–H groups in total. The molecule has 4 aliphatic rings. The molecular weight excluding hydrogens is 357 g/mol. The summed E-state index contributed by atoms with van der Waals surface area (Å²) in [5.74, 6) is 0.620. The number of nitrogens with one attached hydrogen (secondary N) is 1. The van der Waals surface area contributed by atoms with Gasteiger partial charge < -0.3 is 5.32 Å². The highest BCUT2D eigenvalue weighted by Gasteiger charge is 2.62. The van der Waals surface area contributed by atoms with Crippen molar-refractivity contribution in [3.05, 3.63) is 29.3 Å². The summed E-state index contributed by atoms with van der Waals surface area (Å²) in [5, 5.41) is 3.26. The average Bonchev–Trinajstić information content (AvgIpc) is 2.61. The van der Waals surface area contributed by atoms with E-state index < -0.39 is 22.1 Å². The number of rotatable bonds is 3. The molecule has 0 radical (unpaired) electrons. The molecule has 0 spiro atoms. The molecule has 9 heteroatoms. The van der Waals surface area contributed by atoms with E-state index in [1.54, 1.807) is 12.1 Å². The fraction of sp³-hybridized carbons (Fsp3) is 0.562. The van der Waals surface area contributed by atoms with E-state index in [2.05, 4.69) is 5.32 Å². The maximum Gasteiger partial charge on any atom is 0.511 e. The second-order valence-electron chi connectivity index (χ2n) is 7.32. The number of sulfonamides is 1. The Morgan fingerprint density at radius 3 is 2.44 bits per heavy atom. The lowest BCUT2D eigenvalue weighted by molar-refractivity contribution is -0.122. The van der Waals surface area contributed by atoms with Gasteiger partial charge in [-0.1, -0.05) is 0 Å². The van der Waals surface area contributed by atoms with Gasteiger partial charge in [0.15, 0.2) is 0 Å². The second-order valence-corrected chi connectivity index (χ2v) is 9.24. The van der Waals surface area contributed by atoms with Crippen molar-refractivity contribution < 1.29 is 26.4 Å². The summed E-state index contributed by atoms with van der Waals surface area (Å²) >= 11 is 0. The van der Waals surface area contributed by atoms with E-state index in [1.165, 1.54) is 6.07 Å². The molecule has 5 nitrogen and oxygen atoms in total. The number of alkyl halides is 3. The number of hydrogen-bond donors (Lipinski definition) is 1. The maximum absolute atomic E-state index is 13.1. The van der Waals surface area contributed by atoms with Crippen LogP contribution < -0.4 is 5.32 Å². The Hall–Kier alpha value is -1.61. The second kappa shape index (κ2) is 5.20. The molecule has 1 aromatic rings. The Morgan fingerprint density at radius 1 is 1.24 bits per heavy atom. The molecule has 3 fully saturated rings. The highest BCUT2D eigenvalue weighted by Crippen LogP contribution is 2.66. The molecule has 0 saturated heterocycles. The lowest BCUT2D eigenvalue weighted by Gasteiger charge is -2.65. The number of halogens is 3. The zero-order chi connectivity index (χ0) is 18.0. The van der Waals surface area contributed by atoms with Gasteiger partial charge in [-0.3, -0.25) is 4.79 Å². The minimum atomic E-state index is -5.44. The molecule has 1 aromatic carbocycles. The van der Waals surface area contributed by atoms with Gasteiger partial charge in [-0.05, 0) is 54.4 Å². The van der Waals surface area contributed by atoms with Crippen molar-refractivity contribution in [1.82, 2.24) is 4.31 Å². The predicted molar refractivity (Wildman–Crippen MR) is 84.4 cm³/mol. The van der Waals surface area contributed by atoms with Crippen molar-refractivity contribution in [2.24, 2.45) is 11.3 Å². The van der Waals surface area contributed by atoms with Crippen LogP contribution in [0.25, 0.3) is 0 Å². The van der Waals surface area contributed by atoms with E-state index in [-0.39, 0.29) is 18.0 Å². The van der Waals surface area contributed by atoms with Crippen molar-refractivity contribution >= 4 is 22.0 Å². The van der Waals surface area contributed by atoms with Gasteiger partial charge >= 0.3 is 15.5 Å². The van der Waals surface area contributed by atoms with Crippen LogP contribution in [0.3, 0.4) is 0 Å². The average molecular weight is 374 g/mol. The van der Waals surface area contributed by atoms with Crippen LogP contribution >= 0.6 is 0 Å². The van der Waals surface area contributed by atoms with Crippen LogP contribution in [-0.4, -0.2) is 37.1 Å². The Labute approximate surface area is 143 Å². The van der Waals surface area contributed by atoms with Gasteiger partial charge in [0.1, 0.15) is 6.29 Å². The molecule has 5 rings (SSSR count). The number of hydrogen-bond acceptors (Lipinski definition) is 4. The smallest absolute Gasteiger partial charge is 0.380 e. The van der Waals surface area contributed by atoms with Crippen molar-refractivity contribution in [2.45, 2.75) is 37.4 Å². The molecule has 1 atom stereocenters. The SMILES string of the molecule is O=Cc1ccc2c(c1)CN(S(=O)(=O)C(F)(F)F)CC(C13CC(C1)C3)N2. The Morgan fingerprint density at radius 2 is 1.92 bits per heavy atom. The first-order valence-electron chi connectivity index (χ1n) is 8.06. The summed E-state index contributed by atoms with van der Waals surface area (Å²) < 4.78 is 63.8. The van der Waals surface area contributed by atoms with E-state index in [0.29, 0.717) is 33.3 Å². The third-order valence-corrected chi connectivity index (χ3v) is 7.33. The van der Waals surface area contributed by atoms with Gasteiger partial charge in [-0.2, -0.15) is 17.5 Å². The van der Waals surface area contributed by atoms with E-state index in [9.17, 15) is 26.4 Å². The van der Waals surface area contributed by atoms with Crippen molar-refractivity contribution in [3.63, 3.8) is 0 Å². The van der Waals surface area contributed by atoms with Crippen LogP contribution in [0.1, 0.15) is 35.2 Å². The monoisotopic (exact) mass is 374 g/mol. The number of carbonyl (C=O) groups is 1. The fourth-order valence-corrected chi connectivity index (χ4v) is 5.25. The van der Waals surface area contributed by atoms with Crippen molar-refractivity contribution in [2.75, 3.05) is 11.9 Å². The van der Waals surface area contributed by atoms with Crippen LogP contribution in [0, 0.1) is 11.3 Å². The number of benzene rings is 1. The molecule has 0 aromatic heterocycles. The Kier molecular flexibility index (Phi) is 3.50. The summed E-state index contributed by atoms with van der Waals surface area (Å²) in [6.45, 7) is -0.623. The molecule has 3 aliphatic carbocycles. The van der Waals surface area contributed by atoms with E-state index in [4.69, 9.17) is 0 Å². The third-order valence-electron chi connectivity index (χ3n) is 5.79. The molecule has 0 amide bonds. The zero-order valence-corrected chi connectivity index (χ0v) is 14.0. The molecular formula is C16H17F3N2O3S. The third kappa shape index (κ3) is 2.47. The summed E-state index contributed by atoms with van der Waals surface area (Å²) in [7, 11) is -5.44. The summed E-state index contributed by atoms with van der Waals surface area (Å²) in [6, 6.07) is 4.30. The lowest BCUT2D eigenvalue weighted by Crippen LogP contribution is -2.63. The zero-order valence-electron chi connectivity index (χ0n) is 13.2. The van der Waals surface area contributed by atoms with Crippen LogP contribution in [0.2, 0.25) is 0 Å². The van der Waals surface area contributed by atoms with E-state index >= 15 is 0 Å². The number of aldehydes is 1. The standard InChI is InChI=1S/C16H17F3N2O3S/c17-16(18,19)25(23,24)21-7-12-3-10(9-22)1-2-13(12)20-14(8-21)15-4-11(5-15)6-15/h1-3,9,11,14,20H,4-8H2. The highest BCUT2D eigenvalue weighted by molar-refractivity contribution is 7.89. The molecule has 136 valence electrons. The van der Waals surface area contributed by atoms with Crippen molar-refractivity contribution in [3.8, 4) is 0 Å². The summed E-state index contributed by atoms with van der Waals surface area (Å²) in [6.07, 6.45) is 3.36. The first kappa shape index (κ1) is 16.8. The van der Waals surface area contributed by atoms with E-state index in [0.717, 1.165) is 19.3 Å². The molecule has 3 saturated carbocycles. The molecule has 1 aliphatic heterocycles. The van der Waals surface area contributed by atoms with Crippen LogP contribution in [0.5, 0.6) is 0 Å². The molecule has 1 unspecified atom stereocenters. The van der Waals surface area contributed by atoms with Gasteiger partial charge in [-0.15, -0.1) is 0 Å². The molecule has 1 heterocycles. The Balaban J connectivity index is 1.75. The number of fused-ring (bicyclic) bond motifs is 1. The lowest BCUT2D eigenvalue weighted by atomic mass is 9.42. The summed E-state index contributed by atoms with van der Waals surface area (Å²) in [5.41, 5.74) is -4.18. The molecule has 25 heavy (non-hydrogen) atoms. The predicted octanol–water partition coefficient (Wildman–Crippen LogP) is 2.74. The first-order chi connectivity index (χ1) is 11.6. The highest BCUT2D eigenvalue weighted by atomic mass is 32.2. The number of anilines is 1. The van der Waals surface area contributed by atoms with Crippen LogP contribution in [0.15, 0.2) is 18.2 Å².